The van der Waals surface area contributed by atoms with Crippen LogP contribution in [0.5, 0.6) is 11.5 Å². The van der Waals surface area contributed by atoms with Crippen LogP contribution in [-0.4, -0.2) is 60.2 Å². The van der Waals surface area contributed by atoms with Crippen molar-refractivity contribution in [2.75, 3.05) is 40.4 Å². The molecule has 1 aliphatic rings. The van der Waals surface area contributed by atoms with Crippen LogP contribution in [0.25, 0.3) is 10.9 Å². The summed E-state index contributed by atoms with van der Waals surface area (Å²) in [5, 5.41) is 0.630. The van der Waals surface area contributed by atoms with Gasteiger partial charge in [0.15, 0.2) is 0 Å². The average Bonchev–Trinajstić information content (AvgIpc) is 2.79. The van der Waals surface area contributed by atoms with Gasteiger partial charge in [0.2, 0.25) is 0 Å². The Hall–Kier alpha value is -2.90. The van der Waals surface area contributed by atoms with E-state index >= 15 is 0 Å². The molecule has 1 atom stereocenters. The Kier molecular flexibility index (Phi) is 6.01. The lowest BCUT2D eigenvalue weighted by atomic mass is 10.1. The molecule has 1 N–H and O–H groups in total. The molecule has 0 saturated carbocycles. The van der Waals surface area contributed by atoms with Crippen LogP contribution in [0, 0.1) is 0 Å². The zero-order chi connectivity index (χ0) is 21.1. The van der Waals surface area contributed by atoms with E-state index in [2.05, 4.69) is 21.7 Å². The molecule has 1 unspecified atom stereocenters. The zero-order valence-electron chi connectivity index (χ0n) is 17.7. The minimum Gasteiger partial charge on any atom is -0.497 e. The Labute approximate surface area is 176 Å². The molecule has 158 valence electrons. The Morgan fingerprint density at radius 2 is 1.83 bits per heavy atom. The van der Waals surface area contributed by atoms with Crippen LogP contribution in [0.15, 0.2) is 47.3 Å². The number of hydrogen-bond donors (Lipinski definition) is 1. The Morgan fingerprint density at radius 1 is 1.07 bits per heavy atom. The maximum Gasteiger partial charge on any atom is 0.258 e. The first kappa shape index (κ1) is 20.4. The van der Waals surface area contributed by atoms with Gasteiger partial charge < -0.3 is 14.5 Å². The van der Waals surface area contributed by atoms with Crippen LogP contribution >= 0.6 is 0 Å². The number of nitrogens with zero attached hydrogens (tertiary/aromatic N) is 3. The smallest absolute Gasteiger partial charge is 0.258 e. The van der Waals surface area contributed by atoms with E-state index in [1.165, 1.54) is 0 Å². The van der Waals surface area contributed by atoms with Crippen molar-refractivity contribution in [3.05, 3.63) is 64.2 Å². The molecular formula is C23H28N4O3. The van der Waals surface area contributed by atoms with Gasteiger partial charge in [-0.1, -0.05) is 12.1 Å². The first-order valence-electron chi connectivity index (χ1n) is 10.3. The quantitative estimate of drug-likeness (QED) is 0.676. The summed E-state index contributed by atoms with van der Waals surface area (Å²) in [5.41, 5.74) is 1.79. The largest absolute Gasteiger partial charge is 0.497 e. The van der Waals surface area contributed by atoms with E-state index in [9.17, 15) is 4.79 Å². The van der Waals surface area contributed by atoms with Gasteiger partial charge in [0.1, 0.15) is 17.3 Å². The third-order valence-corrected chi connectivity index (χ3v) is 5.86. The summed E-state index contributed by atoms with van der Waals surface area (Å²) < 4.78 is 10.9. The van der Waals surface area contributed by atoms with Crippen molar-refractivity contribution in [2.24, 2.45) is 0 Å². The lowest BCUT2D eigenvalue weighted by Crippen LogP contribution is -2.47. The van der Waals surface area contributed by atoms with E-state index in [0.717, 1.165) is 61.1 Å². The Morgan fingerprint density at radius 3 is 2.57 bits per heavy atom. The summed E-state index contributed by atoms with van der Waals surface area (Å²) in [6, 6.07) is 13.4. The number of nitrogens with one attached hydrogen (secondary N) is 1. The summed E-state index contributed by atoms with van der Waals surface area (Å²) >= 11 is 0. The van der Waals surface area contributed by atoms with Crippen LogP contribution in [-0.2, 0) is 6.54 Å². The zero-order valence-corrected chi connectivity index (χ0v) is 17.7. The fourth-order valence-electron chi connectivity index (χ4n) is 4.03. The van der Waals surface area contributed by atoms with E-state index in [1.807, 2.05) is 36.4 Å². The summed E-state index contributed by atoms with van der Waals surface area (Å²) in [5.74, 6) is 2.44. The van der Waals surface area contributed by atoms with Gasteiger partial charge in [0.05, 0.1) is 31.2 Å². The second-order valence-corrected chi connectivity index (χ2v) is 7.63. The molecule has 0 radical (unpaired) electrons. The standard InChI is InChI=1S/C23H28N4O3/c1-16(22-24-20-7-5-4-6-19(20)23(28)25-22)27-12-10-26(11-13-27)15-17-14-18(29-2)8-9-21(17)30-3/h4-9,14,16H,10-13,15H2,1-3H3,(H,24,25,28). The first-order chi connectivity index (χ1) is 14.6. The molecule has 7 nitrogen and oxygen atoms in total. The lowest BCUT2D eigenvalue weighted by molar-refractivity contribution is 0.0942. The maximum atomic E-state index is 12.4. The van der Waals surface area contributed by atoms with E-state index in [0.29, 0.717) is 5.39 Å². The van der Waals surface area contributed by atoms with E-state index < -0.39 is 0 Å². The number of ether oxygens (including phenoxy) is 2. The number of benzene rings is 2. The number of fused-ring (bicyclic) bond motifs is 1. The molecule has 1 fully saturated rings. The topological polar surface area (TPSA) is 70.7 Å². The summed E-state index contributed by atoms with van der Waals surface area (Å²) in [7, 11) is 3.37. The van der Waals surface area contributed by atoms with Gasteiger partial charge in [0, 0.05) is 38.3 Å². The average molecular weight is 409 g/mol. The number of piperazine rings is 1. The third kappa shape index (κ3) is 4.17. The van der Waals surface area contributed by atoms with Gasteiger partial charge in [0.25, 0.3) is 5.56 Å². The van der Waals surface area contributed by atoms with Crippen LogP contribution in [0.1, 0.15) is 24.4 Å². The van der Waals surface area contributed by atoms with Crippen LogP contribution < -0.4 is 15.0 Å². The van der Waals surface area contributed by atoms with E-state index in [4.69, 9.17) is 14.5 Å². The minimum atomic E-state index is -0.0776. The van der Waals surface area contributed by atoms with Crippen molar-refractivity contribution in [2.45, 2.75) is 19.5 Å². The monoisotopic (exact) mass is 408 g/mol. The number of aromatic amines is 1. The predicted molar refractivity (Wildman–Crippen MR) is 117 cm³/mol. The van der Waals surface area contributed by atoms with Crippen molar-refractivity contribution in [3.63, 3.8) is 0 Å². The molecule has 1 aliphatic heterocycles. The molecule has 1 saturated heterocycles. The minimum absolute atomic E-state index is 0.0517. The van der Waals surface area contributed by atoms with Gasteiger partial charge in [-0.25, -0.2) is 4.98 Å². The molecule has 30 heavy (non-hydrogen) atoms. The molecule has 7 heteroatoms. The Balaban J connectivity index is 1.43. The second-order valence-electron chi connectivity index (χ2n) is 7.63. The SMILES string of the molecule is COc1ccc(OC)c(CN2CCN(C(C)c3nc4ccccc4c(=O)[nH]3)CC2)c1. The first-order valence-corrected chi connectivity index (χ1v) is 10.3. The van der Waals surface area contributed by atoms with Gasteiger partial charge in [-0.3, -0.25) is 14.6 Å². The highest BCUT2D eigenvalue weighted by molar-refractivity contribution is 5.77. The lowest BCUT2D eigenvalue weighted by Gasteiger charge is -2.37. The highest BCUT2D eigenvalue weighted by atomic mass is 16.5. The van der Waals surface area contributed by atoms with Crippen molar-refractivity contribution < 1.29 is 9.47 Å². The van der Waals surface area contributed by atoms with Gasteiger partial charge in [-0.2, -0.15) is 0 Å². The fourth-order valence-corrected chi connectivity index (χ4v) is 4.03. The summed E-state index contributed by atoms with van der Waals surface area (Å²) in [6.45, 7) is 6.60. The molecule has 0 aliphatic carbocycles. The number of rotatable bonds is 6. The van der Waals surface area contributed by atoms with Gasteiger partial charge >= 0.3 is 0 Å². The Bertz CT molecular complexity index is 1070. The molecule has 0 amide bonds. The third-order valence-electron chi connectivity index (χ3n) is 5.86. The number of aromatic nitrogens is 2. The van der Waals surface area contributed by atoms with Crippen LogP contribution in [0.4, 0.5) is 0 Å². The van der Waals surface area contributed by atoms with E-state index in [-0.39, 0.29) is 11.6 Å². The molecule has 2 aromatic carbocycles. The van der Waals surface area contributed by atoms with Crippen LogP contribution in [0.2, 0.25) is 0 Å². The molecule has 0 bridgehead atoms. The highest BCUT2D eigenvalue weighted by Crippen LogP contribution is 2.26. The van der Waals surface area contributed by atoms with Crippen molar-refractivity contribution >= 4 is 10.9 Å². The predicted octanol–water partition coefficient (Wildman–Crippen LogP) is 2.82. The molecular weight excluding hydrogens is 380 g/mol. The van der Waals surface area contributed by atoms with Gasteiger partial charge in [-0.05, 0) is 37.3 Å². The highest BCUT2D eigenvalue weighted by Gasteiger charge is 2.24. The van der Waals surface area contributed by atoms with Gasteiger partial charge in [-0.15, -0.1) is 0 Å². The van der Waals surface area contributed by atoms with Crippen LogP contribution in [0.3, 0.4) is 0 Å². The summed E-state index contributed by atoms with van der Waals surface area (Å²) in [4.78, 5) is 24.9. The number of hydrogen-bond acceptors (Lipinski definition) is 6. The number of para-hydroxylation sites is 1. The molecule has 0 spiro atoms. The molecule has 1 aromatic heterocycles. The number of H-pyrrole nitrogens is 1. The van der Waals surface area contributed by atoms with Crippen molar-refractivity contribution in [1.82, 2.24) is 19.8 Å². The summed E-state index contributed by atoms with van der Waals surface area (Å²) in [6.07, 6.45) is 0. The maximum absolute atomic E-state index is 12.4. The number of methoxy groups -OCH3 is 2. The van der Waals surface area contributed by atoms with Crippen molar-refractivity contribution in [3.8, 4) is 11.5 Å². The fraction of sp³-hybridized carbons (Fsp3) is 0.391. The normalized spacial score (nSPS) is 16.5. The second kappa shape index (κ2) is 8.85. The van der Waals surface area contributed by atoms with E-state index in [1.54, 1.807) is 20.3 Å². The molecule has 2 heterocycles. The van der Waals surface area contributed by atoms with Crippen molar-refractivity contribution in [1.29, 1.82) is 0 Å². The molecule has 3 aromatic rings. The molecule has 4 rings (SSSR count).